The lowest BCUT2D eigenvalue weighted by molar-refractivity contribution is 0.187. The maximum absolute atomic E-state index is 5.99. The average molecular weight is 267 g/mol. The van der Waals surface area contributed by atoms with Gasteiger partial charge in [0.1, 0.15) is 0 Å². The lowest BCUT2D eigenvalue weighted by Gasteiger charge is -2.34. The van der Waals surface area contributed by atoms with Crippen LogP contribution in [0, 0.1) is 6.92 Å². The number of rotatable bonds is 7. The van der Waals surface area contributed by atoms with Crippen molar-refractivity contribution in [3.05, 3.63) is 29.6 Å². The second-order valence-corrected chi connectivity index (χ2v) is 5.58. The molecule has 1 rings (SSSR count). The van der Waals surface area contributed by atoms with Gasteiger partial charge in [-0.2, -0.15) is 11.8 Å². The van der Waals surface area contributed by atoms with E-state index in [0.29, 0.717) is 12.6 Å². The maximum Gasteiger partial charge on any atom is 0.0488 e. The molecule has 4 heteroatoms. The van der Waals surface area contributed by atoms with E-state index >= 15 is 0 Å². The first-order chi connectivity index (χ1) is 8.65. The van der Waals surface area contributed by atoms with E-state index in [0.717, 1.165) is 12.2 Å². The van der Waals surface area contributed by atoms with E-state index in [4.69, 9.17) is 5.73 Å². The van der Waals surface area contributed by atoms with Crippen LogP contribution in [0.1, 0.15) is 30.5 Å². The molecule has 0 saturated heterocycles. The Hall–Kier alpha value is -0.580. The first-order valence-corrected chi connectivity index (χ1v) is 7.86. The molecule has 0 amide bonds. The van der Waals surface area contributed by atoms with Crippen LogP contribution in [0.5, 0.6) is 0 Å². The average Bonchev–Trinajstić information content (AvgIpc) is 2.38. The summed E-state index contributed by atoms with van der Waals surface area (Å²) in [6.07, 6.45) is 7.09. The van der Waals surface area contributed by atoms with Gasteiger partial charge in [-0.25, -0.2) is 0 Å². The molecular weight excluding hydrogens is 242 g/mol. The molecule has 0 saturated carbocycles. The third-order valence-corrected chi connectivity index (χ3v) is 4.28. The SMILES string of the molecule is CCC(CSC)N(C)C(CN)c1cnccc1C. The highest BCUT2D eigenvalue weighted by atomic mass is 32.2. The maximum atomic E-state index is 5.99. The van der Waals surface area contributed by atoms with Crippen LogP contribution >= 0.6 is 11.8 Å². The molecule has 2 unspecified atom stereocenters. The van der Waals surface area contributed by atoms with Gasteiger partial charge in [0.25, 0.3) is 0 Å². The number of aromatic nitrogens is 1. The zero-order chi connectivity index (χ0) is 13.5. The van der Waals surface area contributed by atoms with Crippen LogP contribution in [0.3, 0.4) is 0 Å². The largest absolute Gasteiger partial charge is 0.329 e. The van der Waals surface area contributed by atoms with Crippen LogP contribution in [0.4, 0.5) is 0 Å². The third-order valence-electron chi connectivity index (χ3n) is 3.56. The standard InChI is InChI=1S/C14H25N3S/c1-5-12(10-18-4)17(3)14(8-15)13-9-16-7-6-11(13)2/h6-7,9,12,14H,5,8,10,15H2,1-4H3. The van der Waals surface area contributed by atoms with Crippen molar-refractivity contribution in [2.75, 3.05) is 25.6 Å². The van der Waals surface area contributed by atoms with E-state index in [9.17, 15) is 0 Å². The topological polar surface area (TPSA) is 42.1 Å². The summed E-state index contributed by atoms with van der Waals surface area (Å²) in [5, 5.41) is 0. The lowest BCUT2D eigenvalue weighted by atomic mass is 10.0. The molecule has 0 spiro atoms. The summed E-state index contributed by atoms with van der Waals surface area (Å²) in [5.74, 6) is 1.14. The number of aryl methyl sites for hydroxylation is 1. The van der Waals surface area contributed by atoms with Crippen LogP contribution < -0.4 is 5.73 Å². The molecule has 2 N–H and O–H groups in total. The molecule has 102 valence electrons. The molecule has 0 aromatic carbocycles. The summed E-state index contributed by atoms with van der Waals surface area (Å²) < 4.78 is 0. The minimum atomic E-state index is 0.260. The van der Waals surface area contributed by atoms with E-state index < -0.39 is 0 Å². The Morgan fingerprint density at radius 2 is 2.22 bits per heavy atom. The summed E-state index contributed by atoms with van der Waals surface area (Å²) in [4.78, 5) is 6.64. The van der Waals surface area contributed by atoms with Crippen molar-refractivity contribution >= 4 is 11.8 Å². The molecule has 0 aliphatic carbocycles. The Morgan fingerprint density at radius 1 is 1.50 bits per heavy atom. The van der Waals surface area contributed by atoms with Crippen molar-refractivity contribution in [3.8, 4) is 0 Å². The number of nitrogens with zero attached hydrogens (tertiary/aromatic N) is 2. The van der Waals surface area contributed by atoms with Gasteiger partial charge in [0.15, 0.2) is 0 Å². The lowest BCUT2D eigenvalue weighted by Crippen LogP contribution is -2.40. The van der Waals surface area contributed by atoms with Crippen LogP contribution in [0.15, 0.2) is 18.5 Å². The number of hydrogen-bond acceptors (Lipinski definition) is 4. The Bertz CT molecular complexity index is 357. The molecule has 1 aromatic heterocycles. The first-order valence-electron chi connectivity index (χ1n) is 6.47. The van der Waals surface area contributed by atoms with Gasteiger partial charge in [-0.15, -0.1) is 0 Å². The fourth-order valence-corrected chi connectivity index (χ4v) is 3.16. The molecule has 1 aromatic rings. The zero-order valence-electron chi connectivity index (χ0n) is 11.9. The minimum Gasteiger partial charge on any atom is -0.329 e. The summed E-state index contributed by atoms with van der Waals surface area (Å²) in [6, 6.07) is 2.88. The molecule has 0 fully saturated rings. The Balaban J connectivity index is 2.92. The van der Waals surface area contributed by atoms with Gasteiger partial charge in [0, 0.05) is 36.8 Å². The predicted molar refractivity (Wildman–Crippen MR) is 81.0 cm³/mol. The second kappa shape index (κ2) is 7.77. The van der Waals surface area contributed by atoms with Crippen molar-refractivity contribution in [1.82, 2.24) is 9.88 Å². The number of thioether (sulfide) groups is 1. The van der Waals surface area contributed by atoms with E-state index in [2.05, 4.69) is 43.1 Å². The van der Waals surface area contributed by atoms with E-state index in [1.165, 1.54) is 11.1 Å². The fraction of sp³-hybridized carbons (Fsp3) is 0.643. The molecule has 0 aliphatic heterocycles. The molecule has 0 aliphatic rings. The highest BCUT2D eigenvalue weighted by molar-refractivity contribution is 7.98. The predicted octanol–water partition coefficient (Wildman–Crippen LogP) is 2.46. The van der Waals surface area contributed by atoms with E-state index in [1.54, 1.807) is 0 Å². The van der Waals surface area contributed by atoms with E-state index in [-0.39, 0.29) is 6.04 Å². The van der Waals surface area contributed by atoms with Crippen LogP contribution in [-0.2, 0) is 0 Å². The van der Waals surface area contributed by atoms with Crippen molar-refractivity contribution in [1.29, 1.82) is 0 Å². The van der Waals surface area contributed by atoms with Crippen LogP contribution in [0.2, 0.25) is 0 Å². The van der Waals surface area contributed by atoms with Gasteiger partial charge in [-0.3, -0.25) is 9.88 Å². The molecule has 3 nitrogen and oxygen atoms in total. The Kier molecular flexibility index (Phi) is 6.68. The molecule has 0 bridgehead atoms. The summed E-state index contributed by atoms with van der Waals surface area (Å²) >= 11 is 1.89. The molecule has 0 radical (unpaired) electrons. The third kappa shape index (κ3) is 3.70. The summed E-state index contributed by atoms with van der Waals surface area (Å²) in [7, 11) is 2.17. The number of likely N-dealkylation sites (N-methyl/N-ethyl adjacent to an activating group) is 1. The monoisotopic (exact) mass is 267 g/mol. The summed E-state index contributed by atoms with van der Waals surface area (Å²) in [5.41, 5.74) is 8.51. The van der Waals surface area contributed by atoms with E-state index in [1.807, 2.05) is 24.2 Å². The van der Waals surface area contributed by atoms with Crippen LogP contribution in [-0.4, -0.2) is 41.5 Å². The molecule has 2 atom stereocenters. The van der Waals surface area contributed by atoms with Crippen LogP contribution in [0.25, 0.3) is 0 Å². The molecular formula is C14H25N3S. The van der Waals surface area contributed by atoms with Crippen molar-refractivity contribution in [3.63, 3.8) is 0 Å². The van der Waals surface area contributed by atoms with Gasteiger partial charge in [0.2, 0.25) is 0 Å². The van der Waals surface area contributed by atoms with Crippen molar-refractivity contribution in [2.45, 2.75) is 32.4 Å². The Morgan fingerprint density at radius 3 is 2.72 bits per heavy atom. The quantitative estimate of drug-likeness (QED) is 0.824. The van der Waals surface area contributed by atoms with Crippen molar-refractivity contribution < 1.29 is 0 Å². The normalized spacial score (nSPS) is 14.8. The molecule has 18 heavy (non-hydrogen) atoms. The zero-order valence-corrected chi connectivity index (χ0v) is 12.7. The van der Waals surface area contributed by atoms with Gasteiger partial charge in [0.05, 0.1) is 0 Å². The van der Waals surface area contributed by atoms with Gasteiger partial charge in [-0.1, -0.05) is 6.92 Å². The van der Waals surface area contributed by atoms with Gasteiger partial charge >= 0.3 is 0 Å². The summed E-state index contributed by atoms with van der Waals surface area (Å²) in [6.45, 7) is 5.00. The molecule has 1 heterocycles. The highest BCUT2D eigenvalue weighted by Gasteiger charge is 2.23. The number of nitrogens with two attached hydrogens (primary N) is 1. The fourth-order valence-electron chi connectivity index (χ4n) is 2.31. The Labute approximate surface area is 115 Å². The van der Waals surface area contributed by atoms with Gasteiger partial charge in [-0.05, 0) is 43.8 Å². The van der Waals surface area contributed by atoms with Gasteiger partial charge < -0.3 is 5.73 Å². The smallest absolute Gasteiger partial charge is 0.0488 e. The number of hydrogen-bond donors (Lipinski definition) is 1. The minimum absolute atomic E-state index is 0.260. The second-order valence-electron chi connectivity index (χ2n) is 4.67. The number of pyridine rings is 1. The first kappa shape index (κ1) is 15.5. The highest BCUT2D eigenvalue weighted by Crippen LogP contribution is 2.24. The van der Waals surface area contributed by atoms with Crippen molar-refractivity contribution in [2.24, 2.45) is 5.73 Å².